The first-order valence-electron chi connectivity index (χ1n) is 16.5. The monoisotopic (exact) mass is 730 g/mol. The SMILES string of the molecule is COC[C@@H]1NC(=O)CC/C=C\CN(CCN2CCOCC2)C(=O)[C@H]2N(CCO)C(=O)[C@@H]3[C@@H](C(=O)O[C@H]1c1ccccc1)[C@@H]1O[C@@]32C=C1Br. The zero-order chi connectivity index (χ0) is 33.8. The molecule has 3 fully saturated rings. The molecule has 3 amide bonds. The van der Waals surface area contributed by atoms with Crippen LogP contribution >= 0.6 is 15.9 Å². The Morgan fingerprint density at radius 1 is 1.02 bits per heavy atom. The molecule has 48 heavy (non-hydrogen) atoms. The van der Waals surface area contributed by atoms with Gasteiger partial charge in [-0.25, -0.2) is 0 Å². The summed E-state index contributed by atoms with van der Waals surface area (Å²) in [6.07, 6.45) is 4.27. The fourth-order valence-corrected chi connectivity index (χ4v) is 8.33. The number of cyclic esters (lactones) is 1. The lowest BCUT2D eigenvalue weighted by Crippen LogP contribution is -2.57. The van der Waals surface area contributed by atoms with Gasteiger partial charge in [-0.3, -0.25) is 24.1 Å². The highest BCUT2D eigenvalue weighted by molar-refractivity contribution is 9.11. The number of aliphatic hydroxyl groups is 1. The van der Waals surface area contributed by atoms with E-state index in [-0.39, 0.29) is 44.5 Å². The predicted molar refractivity (Wildman–Crippen MR) is 175 cm³/mol. The number of allylic oxidation sites excluding steroid dienone is 1. The number of hydrogen-bond donors (Lipinski definition) is 2. The minimum absolute atomic E-state index is 0.0634. The number of carbonyl (C=O) groups excluding carboxylic acids is 4. The lowest BCUT2D eigenvalue weighted by molar-refractivity contribution is -0.162. The van der Waals surface area contributed by atoms with Gasteiger partial charge in [0.1, 0.15) is 29.8 Å². The molecule has 1 aromatic carbocycles. The van der Waals surface area contributed by atoms with Crippen molar-refractivity contribution < 1.29 is 43.2 Å². The molecule has 14 heteroatoms. The van der Waals surface area contributed by atoms with Crippen LogP contribution < -0.4 is 5.32 Å². The van der Waals surface area contributed by atoms with Crippen molar-refractivity contribution in [2.45, 2.75) is 42.7 Å². The third-order valence-corrected chi connectivity index (χ3v) is 10.5. The van der Waals surface area contributed by atoms with Crippen LogP contribution in [0.5, 0.6) is 0 Å². The molecule has 0 radical (unpaired) electrons. The third kappa shape index (κ3) is 6.70. The van der Waals surface area contributed by atoms with Gasteiger partial charge in [-0.05, 0) is 18.1 Å². The summed E-state index contributed by atoms with van der Waals surface area (Å²) < 4.78 is 24.3. The second-order valence-electron chi connectivity index (χ2n) is 12.7. The number of esters is 1. The Balaban J connectivity index is 1.39. The number of β-amino-alcohol motifs (C(OH)–C–C–N with tert-alkyl or cyclic N) is 1. The second-order valence-corrected chi connectivity index (χ2v) is 13.6. The number of nitrogens with zero attached hydrogens (tertiary/aromatic N) is 3. The number of rotatable bonds is 8. The molecule has 0 aliphatic carbocycles. The zero-order valence-corrected chi connectivity index (χ0v) is 28.6. The quantitative estimate of drug-likeness (QED) is 0.291. The number of benzene rings is 1. The average molecular weight is 732 g/mol. The van der Waals surface area contributed by atoms with Crippen LogP contribution in [0.2, 0.25) is 0 Å². The van der Waals surface area contributed by atoms with E-state index in [0.29, 0.717) is 42.8 Å². The topological polar surface area (TPSA) is 147 Å². The summed E-state index contributed by atoms with van der Waals surface area (Å²) in [7, 11) is 1.51. The summed E-state index contributed by atoms with van der Waals surface area (Å²) in [5, 5.41) is 13.0. The van der Waals surface area contributed by atoms with Gasteiger partial charge in [-0.2, -0.15) is 0 Å². The standard InChI is InChI=1S/C34H43BrN4O9/c1-45-21-24-28(22-8-4-2-5-9-22)47-33(44)26-27-31(42)39(14-17-40)30(34(27)20-23(35)29(26)48-34)32(43)38(11-7-3-6-10-25(41)36-24)13-12-37-15-18-46-19-16-37/h2-5,7-9,20,24,26-30,40H,6,10-19,21H2,1H3,(H,36,41)/b7-3-/t24-,26+,27-,28-,29+,30+,34-/m0/s1. The molecule has 5 aliphatic rings. The Morgan fingerprint density at radius 2 is 1.79 bits per heavy atom. The second kappa shape index (κ2) is 15.2. The molecule has 5 heterocycles. The average Bonchev–Trinajstić information content (AvgIpc) is 3.68. The van der Waals surface area contributed by atoms with E-state index in [4.69, 9.17) is 18.9 Å². The first kappa shape index (κ1) is 34.7. The molecule has 260 valence electrons. The summed E-state index contributed by atoms with van der Waals surface area (Å²) >= 11 is 3.58. The lowest BCUT2D eigenvalue weighted by atomic mass is 9.74. The molecule has 6 rings (SSSR count). The maximum atomic E-state index is 14.7. The molecular weight excluding hydrogens is 688 g/mol. The first-order chi connectivity index (χ1) is 23.3. The summed E-state index contributed by atoms with van der Waals surface area (Å²) in [6, 6.07) is 7.23. The van der Waals surface area contributed by atoms with Crippen LogP contribution in [0.3, 0.4) is 0 Å². The maximum absolute atomic E-state index is 14.7. The molecule has 7 atom stereocenters. The summed E-state index contributed by atoms with van der Waals surface area (Å²) in [4.78, 5) is 61.7. The number of hydrogen-bond acceptors (Lipinski definition) is 10. The Morgan fingerprint density at radius 3 is 2.52 bits per heavy atom. The number of carbonyl (C=O) groups is 4. The van der Waals surface area contributed by atoms with Crippen LogP contribution in [0, 0.1) is 11.8 Å². The van der Waals surface area contributed by atoms with E-state index in [9.17, 15) is 24.3 Å². The minimum Gasteiger partial charge on any atom is -0.455 e. The van der Waals surface area contributed by atoms with E-state index in [0.717, 1.165) is 13.1 Å². The van der Waals surface area contributed by atoms with Gasteiger partial charge in [0.05, 0.1) is 38.4 Å². The van der Waals surface area contributed by atoms with Crippen molar-refractivity contribution in [2.24, 2.45) is 11.8 Å². The number of halogens is 1. The van der Waals surface area contributed by atoms with E-state index >= 15 is 0 Å². The van der Waals surface area contributed by atoms with E-state index in [2.05, 4.69) is 26.1 Å². The molecule has 1 spiro atoms. The summed E-state index contributed by atoms with van der Waals surface area (Å²) in [6.45, 7) is 3.53. The van der Waals surface area contributed by atoms with Gasteiger partial charge in [0, 0.05) is 57.3 Å². The Bertz CT molecular complexity index is 1420. The van der Waals surface area contributed by atoms with Crippen molar-refractivity contribution >= 4 is 39.6 Å². The molecule has 2 N–H and O–H groups in total. The molecule has 0 aromatic heterocycles. The largest absolute Gasteiger partial charge is 0.455 e. The van der Waals surface area contributed by atoms with Crippen molar-refractivity contribution in [1.82, 2.24) is 20.0 Å². The molecule has 1 aromatic rings. The van der Waals surface area contributed by atoms with E-state index in [1.807, 2.05) is 30.4 Å². The Hall–Kier alpha value is -3.14. The summed E-state index contributed by atoms with van der Waals surface area (Å²) in [5.41, 5.74) is -0.809. The van der Waals surface area contributed by atoms with Crippen LogP contribution in [0.1, 0.15) is 24.5 Å². The van der Waals surface area contributed by atoms with Gasteiger partial charge >= 0.3 is 5.97 Å². The number of fused-ring (bicyclic) bond motifs is 2. The van der Waals surface area contributed by atoms with Crippen LogP contribution in [0.15, 0.2) is 53.0 Å². The third-order valence-electron chi connectivity index (χ3n) is 9.83. The molecule has 3 saturated heterocycles. The van der Waals surface area contributed by atoms with Crippen molar-refractivity contribution in [2.75, 3.05) is 72.8 Å². The number of methoxy groups -OCH3 is 1. The van der Waals surface area contributed by atoms with Crippen LogP contribution in [0.25, 0.3) is 0 Å². The van der Waals surface area contributed by atoms with Gasteiger partial charge < -0.3 is 39.2 Å². The van der Waals surface area contributed by atoms with Gasteiger partial charge in [0.15, 0.2) is 0 Å². The van der Waals surface area contributed by atoms with Gasteiger partial charge in [-0.15, -0.1) is 0 Å². The maximum Gasteiger partial charge on any atom is 0.313 e. The van der Waals surface area contributed by atoms with Crippen molar-refractivity contribution in [3.05, 3.63) is 58.6 Å². The van der Waals surface area contributed by atoms with Gasteiger partial charge in [0.25, 0.3) is 0 Å². The van der Waals surface area contributed by atoms with Crippen LogP contribution in [-0.4, -0.2) is 140 Å². The van der Waals surface area contributed by atoms with E-state index < -0.39 is 53.6 Å². The van der Waals surface area contributed by atoms with Gasteiger partial charge in [-0.1, -0.05) is 58.4 Å². The number of aliphatic hydroxyl groups excluding tert-OH is 1. The van der Waals surface area contributed by atoms with Crippen LogP contribution in [-0.2, 0) is 38.1 Å². The number of amides is 3. The number of nitrogens with one attached hydrogen (secondary N) is 1. The molecule has 5 aliphatic heterocycles. The molecule has 13 nitrogen and oxygen atoms in total. The highest BCUT2D eigenvalue weighted by Crippen LogP contribution is 2.59. The lowest BCUT2D eigenvalue weighted by Gasteiger charge is -2.36. The van der Waals surface area contributed by atoms with Crippen molar-refractivity contribution in [1.29, 1.82) is 0 Å². The van der Waals surface area contributed by atoms with Crippen LogP contribution in [0.4, 0.5) is 0 Å². The fourth-order valence-electron chi connectivity index (χ4n) is 7.59. The molecular formula is C34H43BrN4O9. The first-order valence-corrected chi connectivity index (χ1v) is 17.3. The normalized spacial score (nSPS) is 33.8. The highest BCUT2D eigenvalue weighted by Gasteiger charge is 2.75. The molecule has 5 bridgehead atoms. The van der Waals surface area contributed by atoms with Crippen molar-refractivity contribution in [3.63, 3.8) is 0 Å². The Kier molecular flexibility index (Phi) is 11.0. The Labute approximate surface area is 288 Å². The fraction of sp³-hybridized carbons (Fsp3) is 0.588. The zero-order valence-electron chi connectivity index (χ0n) is 27.0. The van der Waals surface area contributed by atoms with Crippen molar-refractivity contribution in [3.8, 4) is 0 Å². The highest BCUT2D eigenvalue weighted by atomic mass is 79.9. The van der Waals surface area contributed by atoms with E-state index in [1.165, 1.54) is 12.0 Å². The number of likely N-dealkylation sites (tertiary alicyclic amines) is 1. The molecule has 0 saturated carbocycles. The predicted octanol–water partition coefficient (Wildman–Crippen LogP) is 0.778. The van der Waals surface area contributed by atoms with E-state index in [1.54, 1.807) is 23.1 Å². The minimum atomic E-state index is -1.45. The summed E-state index contributed by atoms with van der Waals surface area (Å²) in [5.74, 6) is -3.88. The smallest absolute Gasteiger partial charge is 0.313 e. The van der Waals surface area contributed by atoms with Gasteiger partial charge in [0.2, 0.25) is 17.7 Å². The number of morpholine rings is 1. The number of ether oxygens (including phenoxy) is 4. The molecule has 0 unspecified atom stereocenters.